The number of rotatable bonds is 10. The predicted molar refractivity (Wildman–Crippen MR) is 83.8 cm³/mol. The SMILES string of the molecule is CCCCC[N+](CC(C)C)(CC(C)C)CC(C)C.[Br-]. The van der Waals surface area contributed by atoms with Crippen LogP contribution in [-0.2, 0) is 0 Å². The smallest absolute Gasteiger partial charge is 0.0810 e. The summed E-state index contributed by atoms with van der Waals surface area (Å²) in [5, 5.41) is 0. The average Bonchev–Trinajstić information content (AvgIpc) is 2.13. The molecule has 1 nitrogen and oxygen atoms in total. The van der Waals surface area contributed by atoms with Crippen molar-refractivity contribution in [1.29, 1.82) is 0 Å². The van der Waals surface area contributed by atoms with Crippen molar-refractivity contribution in [3.8, 4) is 0 Å². The first-order chi connectivity index (χ1) is 8.31. The molecule has 0 heterocycles. The third kappa shape index (κ3) is 10.8. The van der Waals surface area contributed by atoms with E-state index >= 15 is 0 Å². The predicted octanol–water partition coefficient (Wildman–Crippen LogP) is 1.97. The van der Waals surface area contributed by atoms with Gasteiger partial charge in [-0.25, -0.2) is 0 Å². The summed E-state index contributed by atoms with van der Waals surface area (Å²) in [5.41, 5.74) is 0. The van der Waals surface area contributed by atoms with Gasteiger partial charge in [-0.3, -0.25) is 0 Å². The van der Waals surface area contributed by atoms with E-state index < -0.39 is 0 Å². The molecule has 0 aromatic rings. The van der Waals surface area contributed by atoms with Crippen LogP contribution in [0.4, 0.5) is 0 Å². The number of unbranched alkanes of at least 4 members (excludes halogenated alkanes) is 2. The Labute approximate surface area is 133 Å². The number of nitrogens with zero attached hydrogens (tertiary/aromatic N) is 1. The number of quaternary nitrogens is 1. The summed E-state index contributed by atoms with van der Waals surface area (Å²) in [5.74, 6) is 2.43. The van der Waals surface area contributed by atoms with Crippen molar-refractivity contribution in [2.45, 2.75) is 67.7 Å². The lowest BCUT2D eigenvalue weighted by molar-refractivity contribution is -0.936. The van der Waals surface area contributed by atoms with E-state index in [-0.39, 0.29) is 17.0 Å². The minimum Gasteiger partial charge on any atom is -1.00 e. The second kappa shape index (κ2) is 11.1. The van der Waals surface area contributed by atoms with E-state index in [1.807, 2.05) is 0 Å². The molecule has 0 atom stereocenters. The molecule has 0 N–H and O–H groups in total. The monoisotopic (exact) mass is 335 g/mol. The van der Waals surface area contributed by atoms with E-state index in [1.54, 1.807) is 0 Å². The van der Waals surface area contributed by atoms with Gasteiger partial charge in [0, 0.05) is 17.8 Å². The minimum atomic E-state index is 0. The molecule has 118 valence electrons. The van der Waals surface area contributed by atoms with Crippen molar-refractivity contribution in [1.82, 2.24) is 0 Å². The van der Waals surface area contributed by atoms with Crippen LogP contribution in [0.25, 0.3) is 0 Å². The number of hydrogen-bond acceptors (Lipinski definition) is 0. The number of hydrogen-bond donors (Lipinski definition) is 0. The Morgan fingerprint density at radius 3 is 1.32 bits per heavy atom. The quantitative estimate of drug-likeness (QED) is 0.423. The third-order valence-electron chi connectivity index (χ3n) is 3.49. The Morgan fingerprint density at radius 2 is 1.05 bits per heavy atom. The average molecular weight is 336 g/mol. The maximum atomic E-state index is 2.38. The molecule has 0 saturated heterocycles. The fraction of sp³-hybridized carbons (Fsp3) is 1.00. The third-order valence-corrected chi connectivity index (χ3v) is 3.49. The largest absolute Gasteiger partial charge is 1.00 e. The highest BCUT2D eigenvalue weighted by atomic mass is 79.9. The Balaban J connectivity index is 0. The van der Waals surface area contributed by atoms with E-state index in [2.05, 4.69) is 48.5 Å². The maximum Gasteiger partial charge on any atom is 0.0810 e. The van der Waals surface area contributed by atoms with Gasteiger partial charge in [0.2, 0.25) is 0 Å². The van der Waals surface area contributed by atoms with Crippen LogP contribution in [0.15, 0.2) is 0 Å². The summed E-state index contributed by atoms with van der Waals surface area (Å²) < 4.78 is 1.35. The summed E-state index contributed by atoms with van der Waals surface area (Å²) in [7, 11) is 0. The van der Waals surface area contributed by atoms with E-state index in [1.165, 1.54) is 49.9 Å². The van der Waals surface area contributed by atoms with Crippen LogP contribution in [0.2, 0.25) is 0 Å². The normalized spacial score (nSPS) is 12.3. The molecular formula is C17H38BrN. The molecule has 0 aromatic heterocycles. The Bertz CT molecular complexity index is 173. The molecule has 0 saturated carbocycles. The standard InChI is InChI=1S/C17H38N.BrH/c1-8-9-10-11-18(12-15(2)3,13-16(4)5)14-17(6)7;/h15-17H,8-14H2,1-7H3;1H/q+1;/p-1. The van der Waals surface area contributed by atoms with Gasteiger partial charge in [0.15, 0.2) is 0 Å². The second-order valence-corrected chi connectivity index (χ2v) is 7.50. The van der Waals surface area contributed by atoms with Gasteiger partial charge >= 0.3 is 0 Å². The first kappa shape index (κ1) is 21.7. The van der Waals surface area contributed by atoms with Crippen molar-refractivity contribution < 1.29 is 21.5 Å². The van der Waals surface area contributed by atoms with Crippen molar-refractivity contribution >= 4 is 0 Å². The minimum absolute atomic E-state index is 0. The van der Waals surface area contributed by atoms with Gasteiger partial charge in [0.05, 0.1) is 26.2 Å². The highest BCUT2D eigenvalue weighted by Gasteiger charge is 2.29. The highest BCUT2D eigenvalue weighted by molar-refractivity contribution is 4.56. The lowest BCUT2D eigenvalue weighted by Crippen LogP contribution is -3.00. The molecule has 0 fully saturated rings. The topological polar surface area (TPSA) is 0 Å². The van der Waals surface area contributed by atoms with Gasteiger partial charge in [-0.2, -0.15) is 0 Å². The molecule has 19 heavy (non-hydrogen) atoms. The van der Waals surface area contributed by atoms with Crippen LogP contribution < -0.4 is 17.0 Å². The molecule has 0 amide bonds. The summed E-state index contributed by atoms with van der Waals surface area (Å²) in [6.07, 6.45) is 4.14. The van der Waals surface area contributed by atoms with Crippen molar-refractivity contribution in [3.63, 3.8) is 0 Å². The molecule has 2 heteroatoms. The van der Waals surface area contributed by atoms with E-state index in [4.69, 9.17) is 0 Å². The van der Waals surface area contributed by atoms with Gasteiger partial charge in [-0.1, -0.05) is 54.9 Å². The van der Waals surface area contributed by atoms with Gasteiger partial charge in [0.25, 0.3) is 0 Å². The van der Waals surface area contributed by atoms with Crippen molar-refractivity contribution in [3.05, 3.63) is 0 Å². The molecule has 0 aromatic carbocycles. The van der Waals surface area contributed by atoms with E-state index in [0.717, 1.165) is 17.8 Å². The number of halogens is 1. The lowest BCUT2D eigenvalue weighted by atomic mass is 10.0. The lowest BCUT2D eigenvalue weighted by Gasteiger charge is -2.43. The molecule has 0 bridgehead atoms. The van der Waals surface area contributed by atoms with Crippen molar-refractivity contribution in [2.75, 3.05) is 26.2 Å². The van der Waals surface area contributed by atoms with Crippen LogP contribution in [0, 0.1) is 17.8 Å². The van der Waals surface area contributed by atoms with Crippen LogP contribution >= 0.6 is 0 Å². The molecule has 0 aliphatic rings. The zero-order valence-electron chi connectivity index (χ0n) is 14.5. The molecule has 0 aliphatic heterocycles. The summed E-state index contributed by atoms with van der Waals surface area (Å²) >= 11 is 0. The van der Waals surface area contributed by atoms with E-state index in [9.17, 15) is 0 Å². The van der Waals surface area contributed by atoms with Crippen LogP contribution in [-0.4, -0.2) is 30.7 Å². The van der Waals surface area contributed by atoms with Crippen LogP contribution in [0.5, 0.6) is 0 Å². The highest BCUT2D eigenvalue weighted by Crippen LogP contribution is 2.20. The first-order valence-electron chi connectivity index (χ1n) is 8.16. The summed E-state index contributed by atoms with van der Waals surface area (Å²) in [6.45, 7) is 22.1. The second-order valence-electron chi connectivity index (χ2n) is 7.50. The fourth-order valence-corrected chi connectivity index (χ4v) is 3.52. The maximum absolute atomic E-state index is 2.38. The van der Waals surface area contributed by atoms with Gasteiger partial charge in [-0.05, 0) is 12.8 Å². The Kier molecular flexibility index (Phi) is 12.7. The van der Waals surface area contributed by atoms with Crippen molar-refractivity contribution in [2.24, 2.45) is 17.8 Å². The van der Waals surface area contributed by atoms with Crippen LogP contribution in [0.3, 0.4) is 0 Å². The van der Waals surface area contributed by atoms with Gasteiger partial charge in [-0.15, -0.1) is 0 Å². The molecular weight excluding hydrogens is 298 g/mol. The molecule has 0 rings (SSSR count). The summed E-state index contributed by atoms with van der Waals surface area (Å²) in [6, 6.07) is 0. The van der Waals surface area contributed by atoms with E-state index in [0.29, 0.717) is 0 Å². The molecule has 0 radical (unpaired) electrons. The zero-order valence-corrected chi connectivity index (χ0v) is 16.1. The van der Waals surface area contributed by atoms with Crippen LogP contribution in [0.1, 0.15) is 67.7 Å². The van der Waals surface area contributed by atoms with Gasteiger partial charge in [0.1, 0.15) is 0 Å². The fourth-order valence-electron chi connectivity index (χ4n) is 3.52. The molecule has 0 aliphatic carbocycles. The Hall–Kier alpha value is 0.440. The summed E-state index contributed by atoms with van der Waals surface area (Å²) in [4.78, 5) is 0. The molecule has 0 spiro atoms. The molecule has 0 unspecified atom stereocenters. The zero-order chi connectivity index (χ0) is 14.2. The van der Waals surface area contributed by atoms with Gasteiger partial charge < -0.3 is 21.5 Å². The first-order valence-corrected chi connectivity index (χ1v) is 8.16. The Morgan fingerprint density at radius 1 is 0.684 bits per heavy atom.